The second-order valence-electron chi connectivity index (χ2n) is 31.2. The van der Waals surface area contributed by atoms with Crippen LogP contribution in [0.4, 0.5) is 0 Å². The van der Waals surface area contributed by atoms with Crippen molar-refractivity contribution >= 4 is 117 Å². The summed E-state index contributed by atoms with van der Waals surface area (Å²) in [5.41, 5.74) is -4.80. The normalized spacial score (nSPS) is 25.3. The van der Waals surface area contributed by atoms with E-state index in [-0.39, 0.29) is 38.1 Å². The first kappa shape index (κ1) is 91.6. The molecule has 1 aromatic heterocycles. The van der Waals surface area contributed by atoms with Crippen molar-refractivity contribution in [3.8, 4) is 80.1 Å². The summed E-state index contributed by atoms with van der Waals surface area (Å²) in [6, 6.07) is 9.96. The Bertz CT molecular complexity index is 6180. The van der Waals surface area contributed by atoms with E-state index in [9.17, 15) is 79.8 Å². The van der Waals surface area contributed by atoms with Crippen molar-refractivity contribution in [2.45, 2.75) is 155 Å². The quantitative estimate of drug-likeness (QED) is 0.0488. The average Bonchev–Trinajstić information content (AvgIpc) is 1.14. The number of aromatic nitrogens is 1. The molecule has 9 aromatic rings. The van der Waals surface area contributed by atoms with Crippen molar-refractivity contribution in [1.29, 1.82) is 0 Å². The zero-order valence-electron chi connectivity index (χ0n) is 68.9. The first-order valence-corrected chi connectivity index (χ1v) is 41.7. The summed E-state index contributed by atoms with van der Waals surface area (Å²) in [6.45, 7) is 3.53. The van der Waals surface area contributed by atoms with Crippen molar-refractivity contribution in [3.63, 3.8) is 0 Å². The van der Waals surface area contributed by atoms with Gasteiger partial charge < -0.3 is 140 Å². The van der Waals surface area contributed by atoms with Crippen LogP contribution >= 0.6 is 35.0 Å². The maximum Gasteiger partial charge on any atom is 0.330 e. The molecule has 0 aliphatic carbocycles. The number of fused-ring (bicyclic) bond motifs is 15. The van der Waals surface area contributed by atoms with Crippen molar-refractivity contribution in [2.75, 3.05) is 13.2 Å². The van der Waals surface area contributed by atoms with Gasteiger partial charge >= 0.3 is 29.8 Å². The Labute approximate surface area is 753 Å². The Kier molecular flexibility index (Phi) is 26.2. The van der Waals surface area contributed by atoms with Crippen LogP contribution in [0, 0.1) is 0 Å². The fourth-order valence-corrected chi connectivity index (χ4v) is 18.0. The minimum atomic E-state index is -2.45. The van der Waals surface area contributed by atoms with Gasteiger partial charge in [-0.15, -0.1) is 0 Å². The summed E-state index contributed by atoms with van der Waals surface area (Å²) < 4.78 is 62.6. The largest absolute Gasteiger partial charge is 0.508 e. The average molecular weight is 1860 g/mol. The van der Waals surface area contributed by atoms with E-state index >= 15 is 28.8 Å². The van der Waals surface area contributed by atoms with E-state index in [4.69, 9.17) is 70.6 Å². The number of phenolic OH excluding ortho intramolecular Hbond substituents is 6. The first-order valence-electron chi connectivity index (χ1n) is 40.1. The molecule has 0 spiro atoms. The fraction of sp³-hybridized carbons (Fsp3) is 0.295. The maximum atomic E-state index is 16.6. The molecule has 7 amide bonds. The third kappa shape index (κ3) is 19.2. The van der Waals surface area contributed by atoms with Crippen LogP contribution in [0.2, 0.25) is 10.0 Å². The summed E-state index contributed by atoms with van der Waals surface area (Å²) in [5, 5.41) is 134. The summed E-state index contributed by atoms with van der Waals surface area (Å²) in [7, 11) is 0. The number of carboxylic acid groups (broad SMARTS) is 1. The van der Waals surface area contributed by atoms with Crippen LogP contribution in [0.5, 0.6) is 69.0 Å². The first-order chi connectivity index (χ1) is 62.3. The lowest BCUT2D eigenvalue weighted by molar-refractivity contribution is -0.284. The van der Waals surface area contributed by atoms with E-state index in [1.807, 2.05) is 0 Å². The number of thioether (sulfide) groups is 1. The molecule has 0 radical (unpaired) electrons. The van der Waals surface area contributed by atoms with Gasteiger partial charge in [0.2, 0.25) is 47.1 Å². The van der Waals surface area contributed by atoms with Crippen LogP contribution in [-0.2, 0) is 97.1 Å². The molecule has 9 heterocycles. The third-order valence-corrected chi connectivity index (χ3v) is 23.9. The molecule has 131 heavy (non-hydrogen) atoms. The van der Waals surface area contributed by atoms with Gasteiger partial charge in [0, 0.05) is 86.8 Å². The highest BCUT2D eigenvalue weighted by atomic mass is 35.5. The number of ether oxygens (including phenoxy) is 10. The molecule has 0 saturated carbocycles. The lowest BCUT2D eigenvalue weighted by atomic mass is 9.89. The topological polar surface area (TPSA) is 589 Å². The van der Waals surface area contributed by atoms with Crippen molar-refractivity contribution < 1.29 is 156 Å². The summed E-state index contributed by atoms with van der Waals surface area (Å²) in [4.78, 5) is 176. The molecule has 2 saturated heterocycles. The number of nitrogens with zero attached hydrogens (tertiary/aromatic N) is 1. The molecule has 8 aliphatic heterocycles. The van der Waals surface area contributed by atoms with E-state index < -0.39 is 296 Å². The molecule has 17 N–H and O–H groups in total. The van der Waals surface area contributed by atoms with Gasteiger partial charge in [0.25, 0.3) is 0 Å². The predicted octanol–water partition coefficient (Wildman–Crippen LogP) is 5.67. The number of amides is 7. The molecule has 18 atom stereocenters. The van der Waals surface area contributed by atoms with E-state index in [2.05, 4.69) is 37.2 Å². The number of esters is 4. The number of hydrogen-bond donors (Lipinski definition) is 17. The van der Waals surface area contributed by atoms with Crippen LogP contribution in [0.1, 0.15) is 110 Å². The van der Waals surface area contributed by atoms with Crippen molar-refractivity contribution in [3.05, 3.63) is 195 Å². The number of aromatic hydroxyl groups is 6. The van der Waals surface area contributed by atoms with Gasteiger partial charge in [-0.3, -0.25) is 52.7 Å². The highest BCUT2D eigenvalue weighted by Gasteiger charge is 2.55. The second kappa shape index (κ2) is 37.5. The molecule has 40 nitrogen and oxygen atoms in total. The molecule has 2 fully saturated rings. The Morgan fingerprint density at radius 3 is 1.79 bits per heavy atom. The molecular weight excluding hydrogens is 1780 g/mol. The van der Waals surface area contributed by atoms with Gasteiger partial charge in [0.15, 0.2) is 59.1 Å². The van der Waals surface area contributed by atoms with E-state index in [0.29, 0.717) is 10.8 Å². The van der Waals surface area contributed by atoms with Crippen molar-refractivity contribution in [2.24, 2.45) is 0 Å². The zero-order chi connectivity index (χ0) is 93.7. The Hall–Kier alpha value is -14.2. The summed E-state index contributed by atoms with van der Waals surface area (Å²) in [5.74, 6) is -22.2. The lowest BCUT2D eigenvalue weighted by Gasteiger charge is -2.44. The van der Waals surface area contributed by atoms with E-state index in [0.717, 1.165) is 131 Å². The third-order valence-electron chi connectivity index (χ3n) is 22.0. The molecule has 0 unspecified atom stereocenters. The monoisotopic (exact) mass is 1860 g/mol. The summed E-state index contributed by atoms with van der Waals surface area (Å²) in [6.07, 6.45) is -15.6. The highest BCUT2D eigenvalue weighted by molar-refractivity contribution is 8.00. The minimum absolute atomic E-state index is 0.0210. The number of aliphatic carboxylic acids is 1. The fourth-order valence-electron chi connectivity index (χ4n) is 16.2. The van der Waals surface area contributed by atoms with E-state index in [1.54, 1.807) is 24.3 Å². The number of carboxylic acids is 1. The van der Waals surface area contributed by atoms with Gasteiger partial charge in [-0.05, 0) is 112 Å². The predicted molar refractivity (Wildman–Crippen MR) is 450 cm³/mol. The van der Waals surface area contributed by atoms with Gasteiger partial charge in [0.05, 0.1) is 21.7 Å². The number of hydrogen-bond acceptors (Lipinski definition) is 32. The lowest BCUT2D eigenvalue weighted by Crippen LogP contribution is -2.65. The maximum absolute atomic E-state index is 16.6. The van der Waals surface area contributed by atoms with Gasteiger partial charge in [0.1, 0.15) is 120 Å². The molecule has 8 aliphatic rings. The zero-order valence-corrected chi connectivity index (χ0v) is 71.3. The van der Waals surface area contributed by atoms with E-state index in [1.165, 1.54) is 41.1 Å². The molecule has 684 valence electrons. The number of rotatable bonds is 13. The van der Waals surface area contributed by atoms with Gasteiger partial charge in [-0.1, -0.05) is 83.5 Å². The minimum Gasteiger partial charge on any atom is -0.508 e. The SMILES string of the molecule is CC(=O)N[C@H]1[C@H](O[C@@H]2c3ccc(c(Cl)c3)Oc3cc4cc(c3O)Oc3ccc(cc3Cl)C[C@H]3NC(=O)[C@H](n5cc6ccccc6c5S[C@@H]5O[C@H](COC(C)=O)[C@@H](OC(C)=O)[C@H](OC(C)=O)[C@H]5OC(C)=O)c5ccc(O)c(c5)Oc5cc(O)cc(c5)[C@H](NC3=O)C(=O)N[C@H]4C(=O)N[C@H]3C(=O)N[C@@H]2C(=O)N[C@H](C(=O)O)c2cc(O)cc(O)c2-c2cc3ccc2O)O[C@H](CO)[C@@H](O)[C@@H]1O. The number of nitrogens with one attached hydrogen (secondary N) is 7. The number of carbonyl (C=O) groups is 12. The summed E-state index contributed by atoms with van der Waals surface area (Å²) >= 11 is 15.2. The molecule has 17 bridgehead atoms. The Morgan fingerprint density at radius 2 is 1.14 bits per heavy atom. The van der Waals surface area contributed by atoms with Crippen LogP contribution < -0.4 is 51.4 Å². The van der Waals surface area contributed by atoms with Crippen LogP contribution in [0.15, 0.2) is 151 Å². The number of phenols is 6. The number of aliphatic hydroxyl groups excluding tert-OH is 3. The number of halogens is 2. The Morgan fingerprint density at radius 1 is 0.534 bits per heavy atom. The van der Waals surface area contributed by atoms with Gasteiger partial charge in [-0.25, -0.2) is 4.79 Å². The molecule has 43 heteroatoms. The standard InChI is InChI=1S/C88H80Cl2N8O32S/c1-33(100)91-69-74(112)73(111)62(31-99)128-87(69)130-75-41-13-17-58(52(90)23-41)127-61-26-44-25-60(72(61)110)126-57-16-10-38(18-51(57)89)19-53-79(113)93-66(81(115)95-67(44)82(116)94-65-39-11-14-54(107)49(22-39)64-50(28-46(106)29-56(64)109)68(86(119)120)96-83(117)70(75)97-80(65)114)43-20-45(105)27-47(21-43)125-59-24-40(12-15-55(59)108)71(84(118)92-53)98-30-42-8-6-7-9-48(42)85(98)131-88-78(124-37(5)104)77(123-36(4)103)76(122-35(3)102)63(129-88)32-121-34(2)101/h6-18,20-30,53,62-63,65-71,73-78,87-88,99,105-112H,19,31-32H2,1-5H3,(H,91,100)(H,92,118)(H,93,113)(H,94,116)(H,95,115)(H,96,117)(H,97,114)(H,119,120)/t53-,62-,63-,65-,66+,67-,68+,69-,70+,71-,73-,74-,75-,76-,77+,78-,87+,88+/m1/s1. The molecular formula is C88H80Cl2N8O32S. The van der Waals surface area contributed by atoms with Crippen LogP contribution in [0.25, 0.3) is 21.9 Å². The highest BCUT2D eigenvalue weighted by Crippen LogP contribution is 2.51. The number of benzene rings is 8. The second-order valence-corrected chi connectivity index (χ2v) is 33.1. The van der Waals surface area contributed by atoms with Gasteiger partial charge in [-0.2, -0.15) is 0 Å². The van der Waals surface area contributed by atoms with Crippen LogP contribution in [0.3, 0.4) is 0 Å². The Balaban J connectivity index is 0.902. The number of carbonyl (C=O) groups excluding carboxylic acids is 11. The smallest absolute Gasteiger partial charge is 0.330 e. The number of aliphatic hydroxyl groups is 3. The molecule has 8 aromatic carbocycles. The van der Waals surface area contributed by atoms with Crippen LogP contribution in [-0.4, -0.2) is 213 Å². The molecule has 17 rings (SSSR count). The van der Waals surface area contributed by atoms with Crippen molar-refractivity contribution in [1.82, 2.24) is 41.8 Å².